The van der Waals surface area contributed by atoms with Gasteiger partial charge in [-0.3, -0.25) is 4.79 Å². The van der Waals surface area contributed by atoms with E-state index in [1.165, 1.54) is 6.20 Å². The van der Waals surface area contributed by atoms with E-state index in [0.717, 1.165) is 0 Å². The lowest BCUT2D eigenvalue weighted by atomic mass is 9.76. The molecule has 25 heavy (non-hydrogen) atoms. The number of hydrogen-bond acceptors (Lipinski definition) is 5. The maximum absolute atomic E-state index is 12.7. The minimum absolute atomic E-state index is 0.289. The Labute approximate surface area is 153 Å². The molecule has 0 aliphatic carbocycles. The second kappa shape index (κ2) is 7.60. The smallest absolute Gasteiger partial charge is 0.410 e. The van der Waals surface area contributed by atoms with E-state index in [4.69, 9.17) is 21.1 Å². The topological polar surface area (TPSA) is 68.7 Å². The third-order valence-electron chi connectivity index (χ3n) is 4.39. The predicted molar refractivity (Wildman–Crippen MR) is 94.6 cm³/mol. The molecule has 1 aliphatic heterocycles. The van der Waals surface area contributed by atoms with Gasteiger partial charge in [-0.15, -0.1) is 0 Å². The van der Waals surface area contributed by atoms with Gasteiger partial charge >= 0.3 is 12.1 Å². The van der Waals surface area contributed by atoms with Crippen LogP contribution in [0.25, 0.3) is 0 Å². The lowest BCUT2D eigenvalue weighted by Gasteiger charge is -2.39. The molecule has 1 aliphatic rings. The molecule has 0 unspecified atom stereocenters. The van der Waals surface area contributed by atoms with E-state index < -0.39 is 11.0 Å². The number of rotatable bonds is 3. The first-order valence-corrected chi connectivity index (χ1v) is 8.85. The summed E-state index contributed by atoms with van der Waals surface area (Å²) in [5, 5.41) is 0.343. The average Bonchev–Trinajstić information content (AvgIpc) is 2.55. The van der Waals surface area contributed by atoms with Crippen molar-refractivity contribution in [3.63, 3.8) is 0 Å². The van der Waals surface area contributed by atoms with Crippen molar-refractivity contribution >= 4 is 23.7 Å². The monoisotopic (exact) mass is 368 g/mol. The summed E-state index contributed by atoms with van der Waals surface area (Å²) in [7, 11) is 0. The average molecular weight is 369 g/mol. The highest BCUT2D eigenvalue weighted by Crippen LogP contribution is 2.37. The minimum atomic E-state index is -0.599. The molecule has 1 fully saturated rings. The number of aromatic nitrogens is 1. The SMILES string of the molecule is CCC1(C(=O)Oc2ccc(Cl)nc2)CCN(C(=O)OC(C)(C)C)CC1. The zero-order valence-electron chi connectivity index (χ0n) is 15.2. The predicted octanol–water partition coefficient (Wildman–Crippen LogP) is 4.07. The van der Waals surface area contributed by atoms with Gasteiger partial charge in [0.2, 0.25) is 0 Å². The van der Waals surface area contributed by atoms with Gasteiger partial charge in [0.25, 0.3) is 0 Å². The lowest BCUT2D eigenvalue weighted by molar-refractivity contribution is -0.149. The van der Waals surface area contributed by atoms with E-state index in [1.807, 2.05) is 27.7 Å². The van der Waals surface area contributed by atoms with Crippen molar-refractivity contribution in [2.45, 2.75) is 52.6 Å². The third kappa shape index (κ3) is 5.08. The molecule has 0 aromatic carbocycles. The van der Waals surface area contributed by atoms with Crippen molar-refractivity contribution < 1.29 is 19.1 Å². The maximum Gasteiger partial charge on any atom is 0.410 e. The van der Waals surface area contributed by atoms with E-state index in [-0.39, 0.29) is 12.1 Å². The molecule has 138 valence electrons. The fourth-order valence-corrected chi connectivity index (χ4v) is 2.90. The number of likely N-dealkylation sites (tertiary alicyclic amines) is 1. The summed E-state index contributed by atoms with van der Waals surface area (Å²) in [6, 6.07) is 3.19. The fourth-order valence-electron chi connectivity index (χ4n) is 2.78. The number of halogens is 1. The van der Waals surface area contributed by atoms with Crippen molar-refractivity contribution in [2.75, 3.05) is 13.1 Å². The zero-order valence-corrected chi connectivity index (χ0v) is 15.9. The summed E-state index contributed by atoms with van der Waals surface area (Å²) < 4.78 is 10.9. The Morgan fingerprint density at radius 3 is 2.40 bits per heavy atom. The van der Waals surface area contributed by atoms with Gasteiger partial charge in [0.15, 0.2) is 0 Å². The first-order chi connectivity index (χ1) is 11.6. The van der Waals surface area contributed by atoms with Crippen LogP contribution in [0.3, 0.4) is 0 Å². The lowest BCUT2D eigenvalue weighted by Crippen LogP contribution is -2.48. The molecule has 0 radical (unpaired) electrons. The van der Waals surface area contributed by atoms with Crippen LogP contribution in [0.2, 0.25) is 5.15 Å². The Kier molecular flexibility index (Phi) is 5.93. The molecule has 1 aromatic rings. The van der Waals surface area contributed by atoms with E-state index in [9.17, 15) is 9.59 Å². The van der Waals surface area contributed by atoms with Crippen LogP contribution >= 0.6 is 11.6 Å². The molecule has 0 atom stereocenters. The molecule has 1 aromatic heterocycles. The van der Waals surface area contributed by atoms with Crippen LogP contribution in [0, 0.1) is 5.41 Å². The maximum atomic E-state index is 12.7. The first-order valence-electron chi connectivity index (χ1n) is 8.47. The number of piperidine rings is 1. The van der Waals surface area contributed by atoms with Gasteiger partial charge in [0.1, 0.15) is 16.5 Å². The van der Waals surface area contributed by atoms with Crippen LogP contribution in [-0.4, -0.2) is 40.6 Å². The van der Waals surface area contributed by atoms with Crippen LogP contribution in [0.15, 0.2) is 18.3 Å². The zero-order chi connectivity index (χ0) is 18.7. The number of nitrogens with zero attached hydrogens (tertiary/aromatic N) is 2. The van der Waals surface area contributed by atoms with Crippen molar-refractivity contribution in [1.29, 1.82) is 0 Å². The fraction of sp³-hybridized carbons (Fsp3) is 0.611. The van der Waals surface area contributed by atoms with Crippen LogP contribution in [-0.2, 0) is 9.53 Å². The van der Waals surface area contributed by atoms with Crippen LogP contribution in [0.4, 0.5) is 4.79 Å². The number of carbonyl (C=O) groups excluding carboxylic acids is 2. The van der Waals surface area contributed by atoms with Gasteiger partial charge in [-0.05, 0) is 52.2 Å². The minimum Gasteiger partial charge on any atom is -0.444 e. The summed E-state index contributed by atoms with van der Waals surface area (Å²) in [6.45, 7) is 8.41. The summed E-state index contributed by atoms with van der Waals surface area (Å²) in [5.74, 6) is 0.0831. The molecule has 2 rings (SSSR count). The molecular weight excluding hydrogens is 344 g/mol. The number of amides is 1. The van der Waals surface area contributed by atoms with Gasteiger partial charge in [-0.2, -0.15) is 0 Å². The Bertz CT molecular complexity index is 617. The molecule has 1 amide bonds. The van der Waals surface area contributed by atoms with Gasteiger partial charge in [-0.25, -0.2) is 9.78 Å². The standard InChI is InChI=1S/C18H25ClN2O4/c1-5-18(15(22)24-13-6-7-14(19)20-12-13)8-10-21(11-9-18)16(23)25-17(2,3)4/h6-7,12H,5,8-11H2,1-4H3. The number of hydrogen-bond donors (Lipinski definition) is 0. The largest absolute Gasteiger partial charge is 0.444 e. The molecule has 0 bridgehead atoms. The molecule has 0 saturated carbocycles. The van der Waals surface area contributed by atoms with Crippen molar-refractivity contribution in [1.82, 2.24) is 9.88 Å². The Morgan fingerprint density at radius 2 is 1.92 bits per heavy atom. The number of pyridine rings is 1. The molecule has 1 saturated heterocycles. The van der Waals surface area contributed by atoms with E-state index >= 15 is 0 Å². The van der Waals surface area contributed by atoms with Crippen LogP contribution in [0.5, 0.6) is 5.75 Å². The Morgan fingerprint density at radius 1 is 1.28 bits per heavy atom. The van der Waals surface area contributed by atoms with E-state index in [1.54, 1.807) is 17.0 Å². The molecule has 0 spiro atoms. The first kappa shape index (κ1) is 19.5. The second-order valence-electron chi connectivity index (χ2n) is 7.31. The van der Waals surface area contributed by atoms with E-state index in [0.29, 0.717) is 43.3 Å². The summed E-state index contributed by atoms with van der Waals surface area (Å²) in [6.07, 6.45) is 2.83. The number of ether oxygens (including phenoxy) is 2. The summed E-state index contributed by atoms with van der Waals surface area (Å²) in [5.41, 5.74) is -1.13. The third-order valence-corrected chi connectivity index (χ3v) is 4.62. The molecule has 2 heterocycles. The van der Waals surface area contributed by atoms with Crippen molar-refractivity contribution in [3.8, 4) is 5.75 Å². The molecular formula is C18H25ClN2O4. The van der Waals surface area contributed by atoms with Gasteiger partial charge in [0.05, 0.1) is 11.6 Å². The van der Waals surface area contributed by atoms with Crippen molar-refractivity contribution in [3.05, 3.63) is 23.5 Å². The molecule has 7 heteroatoms. The number of esters is 1. The summed E-state index contributed by atoms with van der Waals surface area (Å²) in [4.78, 5) is 30.4. The molecule has 6 nitrogen and oxygen atoms in total. The van der Waals surface area contributed by atoms with Gasteiger partial charge in [-0.1, -0.05) is 18.5 Å². The summed E-state index contributed by atoms with van der Waals surface area (Å²) >= 11 is 5.74. The van der Waals surface area contributed by atoms with Crippen molar-refractivity contribution in [2.24, 2.45) is 5.41 Å². The van der Waals surface area contributed by atoms with Gasteiger partial charge < -0.3 is 14.4 Å². The second-order valence-corrected chi connectivity index (χ2v) is 7.69. The number of carbonyl (C=O) groups is 2. The highest BCUT2D eigenvalue weighted by atomic mass is 35.5. The molecule has 0 N–H and O–H groups in total. The highest BCUT2D eigenvalue weighted by molar-refractivity contribution is 6.29. The van der Waals surface area contributed by atoms with Crippen LogP contribution in [0.1, 0.15) is 47.0 Å². The quantitative estimate of drug-likeness (QED) is 0.594. The highest BCUT2D eigenvalue weighted by Gasteiger charge is 2.43. The van der Waals surface area contributed by atoms with Gasteiger partial charge in [0, 0.05) is 13.1 Å². The Balaban J connectivity index is 1.99. The Hall–Kier alpha value is -1.82. The van der Waals surface area contributed by atoms with Crippen LogP contribution < -0.4 is 4.74 Å². The van der Waals surface area contributed by atoms with E-state index in [2.05, 4.69) is 4.98 Å². The normalized spacial score (nSPS) is 17.1.